The molecule has 0 bridgehead atoms. The first kappa shape index (κ1) is 8.55. The van der Waals surface area contributed by atoms with Gasteiger partial charge in [0.05, 0.1) is 0 Å². The predicted octanol–water partition coefficient (Wildman–Crippen LogP) is 1.04. The zero-order valence-corrected chi connectivity index (χ0v) is 7.44. The van der Waals surface area contributed by atoms with E-state index in [4.69, 9.17) is 4.42 Å². The molecule has 2 rings (SSSR count). The van der Waals surface area contributed by atoms with Crippen molar-refractivity contribution in [3.05, 3.63) is 34.3 Å². The van der Waals surface area contributed by atoms with Crippen LogP contribution in [-0.4, -0.2) is 15.3 Å². The zero-order chi connectivity index (χ0) is 10.1. The van der Waals surface area contributed by atoms with E-state index in [2.05, 4.69) is 10.2 Å². The van der Waals surface area contributed by atoms with E-state index in [-0.39, 0.29) is 11.6 Å². The first-order valence-electron chi connectivity index (χ1n) is 4.03. The Hall–Kier alpha value is -2.04. The number of H-pyrrole nitrogens is 1. The van der Waals surface area contributed by atoms with Crippen molar-refractivity contribution in [3.63, 3.8) is 0 Å². The van der Waals surface area contributed by atoms with Gasteiger partial charge in [-0.2, -0.15) is 0 Å². The summed E-state index contributed by atoms with van der Waals surface area (Å²) in [5, 5.41) is 15.2. The van der Waals surface area contributed by atoms with Gasteiger partial charge in [-0.3, -0.25) is 0 Å². The number of hydrogen-bond donors (Lipinski definition) is 2. The fourth-order valence-electron chi connectivity index (χ4n) is 1.20. The third kappa shape index (κ3) is 1.28. The molecule has 0 amide bonds. The number of aromatic nitrogens is 2. The van der Waals surface area contributed by atoms with Crippen LogP contribution in [0.1, 0.15) is 5.56 Å². The van der Waals surface area contributed by atoms with Crippen molar-refractivity contribution < 1.29 is 9.52 Å². The van der Waals surface area contributed by atoms with Crippen LogP contribution in [0.4, 0.5) is 0 Å². The van der Waals surface area contributed by atoms with Gasteiger partial charge >= 0.3 is 5.76 Å². The van der Waals surface area contributed by atoms with Crippen LogP contribution in [0.15, 0.2) is 27.4 Å². The van der Waals surface area contributed by atoms with E-state index >= 15 is 0 Å². The lowest BCUT2D eigenvalue weighted by Crippen LogP contribution is -1.93. The van der Waals surface area contributed by atoms with Gasteiger partial charge in [-0.15, -0.1) is 5.10 Å². The van der Waals surface area contributed by atoms with Crippen molar-refractivity contribution >= 4 is 0 Å². The van der Waals surface area contributed by atoms with E-state index in [9.17, 15) is 9.90 Å². The van der Waals surface area contributed by atoms with Crippen LogP contribution in [0, 0.1) is 6.92 Å². The normalized spacial score (nSPS) is 10.4. The summed E-state index contributed by atoms with van der Waals surface area (Å²) in [5.74, 6) is -0.278. The highest BCUT2D eigenvalue weighted by molar-refractivity contribution is 5.61. The molecule has 0 unspecified atom stereocenters. The van der Waals surface area contributed by atoms with Crippen molar-refractivity contribution in [1.82, 2.24) is 10.2 Å². The Balaban J connectivity index is 2.62. The quantitative estimate of drug-likeness (QED) is 0.707. The van der Waals surface area contributed by atoms with Gasteiger partial charge in [0.15, 0.2) is 0 Å². The molecular formula is C9H8N2O3. The Morgan fingerprint density at radius 3 is 2.93 bits per heavy atom. The molecule has 0 aliphatic rings. The third-order valence-corrected chi connectivity index (χ3v) is 1.97. The molecule has 1 aromatic heterocycles. The Labute approximate surface area is 79.0 Å². The van der Waals surface area contributed by atoms with Gasteiger partial charge in [0, 0.05) is 11.1 Å². The molecular weight excluding hydrogens is 184 g/mol. The first-order chi connectivity index (χ1) is 6.68. The molecule has 0 atom stereocenters. The number of rotatable bonds is 1. The van der Waals surface area contributed by atoms with Crippen LogP contribution >= 0.6 is 0 Å². The van der Waals surface area contributed by atoms with Gasteiger partial charge in [-0.05, 0) is 19.1 Å². The average molecular weight is 192 g/mol. The second-order valence-corrected chi connectivity index (χ2v) is 2.87. The second kappa shape index (κ2) is 3.02. The summed E-state index contributed by atoms with van der Waals surface area (Å²) in [7, 11) is 0. The molecule has 2 aromatic rings. The molecule has 72 valence electrons. The van der Waals surface area contributed by atoms with Gasteiger partial charge in [-0.25, -0.2) is 9.89 Å². The Kier molecular flexibility index (Phi) is 1.85. The lowest BCUT2D eigenvalue weighted by atomic mass is 10.1. The molecule has 0 spiro atoms. The van der Waals surface area contributed by atoms with E-state index < -0.39 is 5.76 Å². The van der Waals surface area contributed by atoms with Crippen molar-refractivity contribution in [2.45, 2.75) is 6.92 Å². The summed E-state index contributed by atoms with van der Waals surface area (Å²) in [6.45, 7) is 1.72. The highest BCUT2D eigenvalue weighted by Gasteiger charge is 2.10. The topological polar surface area (TPSA) is 79.1 Å². The summed E-state index contributed by atoms with van der Waals surface area (Å²) >= 11 is 0. The predicted molar refractivity (Wildman–Crippen MR) is 49.0 cm³/mol. The maximum absolute atomic E-state index is 10.7. The van der Waals surface area contributed by atoms with Gasteiger partial charge in [0.2, 0.25) is 5.89 Å². The minimum atomic E-state index is -0.609. The number of aromatic amines is 1. The molecule has 0 radical (unpaired) electrons. The van der Waals surface area contributed by atoms with Crippen molar-refractivity contribution in [2.75, 3.05) is 0 Å². The molecule has 0 fully saturated rings. The van der Waals surface area contributed by atoms with Crippen molar-refractivity contribution in [3.8, 4) is 17.2 Å². The first-order valence-corrected chi connectivity index (χ1v) is 4.03. The lowest BCUT2D eigenvalue weighted by molar-refractivity contribution is 0.470. The number of hydrogen-bond acceptors (Lipinski definition) is 4. The number of nitrogens with zero attached hydrogens (tertiary/aromatic N) is 1. The number of phenols is 1. The summed E-state index contributed by atoms with van der Waals surface area (Å²) in [4.78, 5) is 10.7. The highest BCUT2D eigenvalue weighted by atomic mass is 16.4. The van der Waals surface area contributed by atoms with Crippen LogP contribution in [-0.2, 0) is 0 Å². The molecule has 0 saturated carbocycles. The number of phenolic OH excluding ortho intramolecular Hbond substituents is 1. The lowest BCUT2D eigenvalue weighted by Gasteiger charge is -2.01. The number of benzene rings is 1. The third-order valence-electron chi connectivity index (χ3n) is 1.97. The fraction of sp³-hybridized carbons (Fsp3) is 0.111. The van der Waals surface area contributed by atoms with Gasteiger partial charge in [0.25, 0.3) is 0 Å². The highest BCUT2D eigenvalue weighted by Crippen LogP contribution is 2.26. The summed E-state index contributed by atoms with van der Waals surface area (Å²) in [6, 6.07) is 4.93. The fourth-order valence-corrected chi connectivity index (χ4v) is 1.20. The maximum atomic E-state index is 10.7. The van der Waals surface area contributed by atoms with Crippen molar-refractivity contribution in [2.24, 2.45) is 0 Å². The zero-order valence-electron chi connectivity index (χ0n) is 7.44. The van der Waals surface area contributed by atoms with E-state index in [1.54, 1.807) is 25.1 Å². The molecule has 14 heavy (non-hydrogen) atoms. The number of nitrogens with one attached hydrogen (secondary N) is 1. The second-order valence-electron chi connectivity index (χ2n) is 2.87. The van der Waals surface area contributed by atoms with Crippen molar-refractivity contribution in [1.29, 1.82) is 0 Å². The molecule has 5 nitrogen and oxygen atoms in total. The average Bonchev–Trinajstić information content (AvgIpc) is 2.57. The Morgan fingerprint density at radius 1 is 1.50 bits per heavy atom. The maximum Gasteiger partial charge on any atom is 0.434 e. The summed E-state index contributed by atoms with van der Waals surface area (Å²) in [6.07, 6.45) is 0. The van der Waals surface area contributed by atoms with Gasteiger partial charge in [0.1, 0.15) is 5.75 Å². The van der Waals surface area contributed by atoms with E-state index in [0.29, 0.717) is 11.1 Å². The van der Waals surface area contributed by atoms with E-state index in [1.807, 2.05) is 0 Å². The summed E-state index contributed by atoms with van der Waals surface area (Å²) in [5.41, 5.74) is 1.23. The van der Waals surface area contributed by atoms with Crippen LogP contribution < -0.4 is 5.76 Å². The minimum absolute atomic E-state index is 0.146. The smallest absolute Gasteiger partial charge is 0.434 e. The standard InChI is InChI=1S/C9H8N2O3/c1-5-6(3-2-4-7(5)12)8-10-11-9(13)14-8/h2-4,12H,1H3,(H,11,13). The molecule has 1 aromatic carbocycles. The largest absolute Gasteiger partial charge is 0.508 e. The number of aromatic hydroxyl groups is 1. The van der Waals surface area contributed by atoms with Gasteiger partial charge in [-0.1, -0.05) is 6.07 Å². The molecule has 5 heteroatoms. The molecule has 0 aliphatic carbocycles. The summed E-state index contributed by atoms with van der Waals surface area (Å²) < 4.78 is 4.77. The van der Waals surface area contributed by atoms with Crippen LogP contribution in [0.3, 0.4) is 0 Å². The van der Waals surface area contributed by atoms with Crippen LogP contribution in [0.5, 0.6) is 5.75 Å². The van der Waals surface area contributed by atoms with E-state index in [0.717, 1.165) is 0 Å². The van der Waals surface area contributed by atoms with Gasteiger partial charge < -0.3 is 9.52 Å². The Bertz CT molecular complexity index is 513. The Morgan fingerprint density at radius 2 is 2.29 bits per heavy atom. The SMILES string of the molecule is Cc1c(O)cccc1-c1n[nH]c(=O)o1. The van der Waals surface area contributed by atoms with E-state index in [1.165, 1.54) is 0 Å². The molecule has 0 aliphatic heterocycles. The van der Waals surface area contributed by atoms with Crippen LogP contribution in [0.25, 0.3) is 11.5 Å². The minimum Gasteiger partial charge on any atom is -0.508 e. The van der Waals surface area contributed by atoms with Crippen LogP contribution in [0.2, 0.25) is 0 Å². The molecule has 2 N–H and O–H groups in total. The molecule has 0 saturated heterocycles. The monoisotopic (exact) mass is 192 g/mol. The molecule has 1 heterocycles.